The molecule has 0 amide bonds. The molecule has 0 aromatic rings. The van der Waals surface area contributed by atoms with Crippen molar-refractivity contribution in [2.75, 3.05) is 65.3 Å². The molecule has 0 aromatic carbocycles. The maximum atomic E-state index is 5.45. The molecule has 26 heavy (non-hydrogen) atoms. The number of nitrogens with zero attached hydrogens (tertiary/aromatic N) is 3. The smallest absolute Gasteiger partial charge is 0.193 e. The highest BCUT2D eigenvalue weighted by atomic mass is 127. The highest BCUT2D eigenvalue weighted by molar-refractivity contribution is 14.0. The van der Waals surface area contributed by atoms with Gasteiger partial charge in [0.2, 0.25) is 0 Å². The molecule has 5 nitrogen and oxygen atoms in total. The Morgan fingerprint density at radius 1 is 1.19 bits per heavy atom. The van der Waals surface area contributed by atoms with Crippen LogP contribution in [-0.4, -0.2) is 85.8 Å². The van der Waals surface area contributed by atoms with Crippen LogP contribution in [0.4, 0.5) is 0 Å². The number of thioether (sulfide) groups is 1. The molecule has 1 spiro atoms. The van der Waals surface area contributed by atoms with Crippen LogP contribution >= 0.6 is 35.7 Å². The average molecular weight is 497 g/mol. The summed E-state index contributed by atoms with van der Waals surface area (Å²) in [5, 5.41) is 3.66. The highest BCUT2D eigenvalue weighted by Gasteiger charge is 2.38. The lowest BCUT2D eigenvalue weighted by atomic mass is 9.87. The van der Waals surface area contributed by atoms with Crippen molar-refractivity contribution < 1.29 is 4.74 Å². The zero-order valence-corrected chi connectivity index (χ0v) is 19.7. The Balaban J connectivity index is 0.00000243. The molecular weight excluding hydrogens is 459 g/mol. The number of aliphatic imine (C=N–C) groups is 1. The van der Waals surface area contributed by atoms with Crippen molar-refractivity contribution in [2.24, 2.45) is 10.9 Å². The molecule has 3 fully saturated rings. The fourth-order valence-corrected chi connectivity index (χ4v) is 5.98. The van der Waals surface area contributed by atoms with Crippen molar-refractivity contribution in [3.05, 3.63) is 0 Å². The molecule has 7 heteroatoms. The summed E-state index contributed by atoms with van der Waals surface area (Å²) >= 11 is 2.22. The van der Waals surface area contributed by atoms with Crippen molar-refractivity contribution in [3.63, 3.8) is 0 Å². The molecule has 0 radical (unpaired) electrons. The van der Waals surface area contributed by atoms with Crippen LogP contribution < -0.4 is 5.32 Å². The van der Waals surface area contributed by atoms with Crippen LogP contribution in [0, 0.1) is 5.92 Å². The summed E-state index contributed by atoms with van der Waals surface area (Å²) in [5.41, 5.74) is 0. The fraction of sp³-hybridized carbons (Fsp3) is 0.947. The largest absolute Gasteiger partial charge is 0.379 e. The van der Waals surface area contributed by atoms with E-state index in [2.05, 4.69) is 38.8 Å². The summed E-state index contributed by atoms with van der Waals surface area (Å²) in [5.74, 6) is 2.97. The second-order valence-corrected chi connectivity index (χ2v) is 9.52. The molecule has 2 aliphatic heterocycles. The van der Waals surface area contributed by atoms with Crippen LogP contribution in [-0.2, 0) is 4.74 Å². The fourth-order valence-electron chi connectivity index (χ4n) is 4.41. The summed E-state index contributed by atoms with van der Waals surface area (Å²) in [6.45, 7) is 10.7. The van der Waals surface area contributed by atoms with Crippen molar-refractivity contribution in [1.82, 2.24) is 15.1 Å². The minimum atomic E-state index is 0. The molecule has 1 atom stereocenters. The van der Waals surface area contributed by atoms with E-state index in [9.17, 15) is 0 Å². The lowest BCUT2D eigenvalue weighted by Gasteiger charge is -2.45. The van der Waals surface area contributed by atoms with Crippen LogP contribution in [0.3, 0.4) is 0 Å². The van der Waals surface area contributed by atoms with E-state index in [0.717, 1.165) is 51.9 Å². The maximum absolute atomic E-state index is 5.45. The average Bonchev–Trinajstić information content (AvgIpc) is 2.64. The minimum absolute atomic E-state index is 0. The monoisotopic (exact) mass is 496 g/mol. The topological polar surface area (TPSA) is 40.1 Å². The first-order chi connectivity index (χ1) is 12.2. The van der Waals surface area contributed by atoms with Crippen LogP contribution in [0.2, 0.25) is 0 Å². The van der Waals surface area contributed by atoms with Gasteiger partial charge in [-0.3, -0.25) is 9.89 Å². The van der Waals surface area contributed by atoms with Gasteiger partial charge in [0, 0.05) is 56.8 Å². The van der Waals surface area contributed by atoms with Gasteiger partial charge in [0.25, 0.3) is 0 Å². The summed E-state index contributed by atoms with van der Waals surface area (Å²) in [4.78, 5) is 9.64. The molecule has 1 aliphatic carbocycles. The molecule has 3 rings (SSSR count). The molecule has 2 heterocycles. The number of hydrogen-bond donors (Lipinski definition) is 1. The van der Waals surface area contributed by atoms with Crippen molar-refractivity contribution >= 4 is 41.7 Å². The molecule has 1 unspecified atom stereocenters. The van der Waals surface area contributed by atoms with Gasteiger partial charge in [-0.25, -0.2) is 0 Å². The molecule has 2 saturated heterocycles. The van der Waals surface area contributed by atoms with Crippen LogP contribution in [0.1, 0.15) is 39.0 Å². The second-order valence-electron chi connectivity index (χ2n) is 7.96. The Morgan fingerprint density at radius 2 is 1.92 bits per heavy atom. The van der Waals surface area contributed by atoms with Crippen LogP contribution in [0.5, 0.6) is 0 Å². The lowest BCUT2D eigenvalue weighted by molar-refractivity contribution is 0.0320. The zero-order valence-electron chi connectivity index (χ0n) is 16.5. The van der Waals surface area contributed by atoms with E-state index in [-0.39, 0.29) is 24.0 Å². The summed E-state index contributed by atoms with van der Waals surface area (Å²) in [6, 6.07) is 0. The van der Waals surface area contributed by atoms with Gasteiger partial charge in [-0.1, -0.05) is 26.2 Å². The molecular formula is C19H37IN4OS. The summed E-state index contributed by atoms with van der Waals surface area (Å²) in [7, 11) is 1.93. The predicted octanol–water partition coefficient (Wildman–Crippen LogP) is 2.90. The van der Waals surface area contributed by atoms with Gasteiger partial charge in [-0.15, -0.1) is 24.0 Å². The van der Waals surface area contributed by atoms with E-state index in [4.69, 9.17) is 4.74 Å². The van der Waals surface area contributed by atoms with Gasteiger partial charge in [0.05, 0.1) is 13.2 Å². The van der Waals surface area contributed by atoms with E-state index in [1.54, 1.807) is 0 Å². The number of halogens is 1. The van der Waals surface area contributed by atoms with Crippen molar-refractivity contribution in [2.45, 2.75) is 43.8 Å². The molecule has 0 aromatic heterocycles. The molecule has 152 valence electrons. The zero-order chi connectivity index (χ0) is 17.5. The third-order valence-corrected chi connectivity index (χ3v) is 7.34. The Labute approximate surface area is 181 Å². The van der Waals surface area contributed by atoms with Gasteiger partial charge in [-0.2, -0.15) is 11.8 Å². The van der Waals surface area contributed by atoms with E-state index in [1.807, 2.05) is 7.05 Å². The number of morpholine rings is 1. The Morgan fingerprint density at radius 3 is 2.62 bits per heavy atom. The van der Waals surface area contributed by atoms with Gasteiger partial charge >= 0.3 is 0 Å². The number of guanidine groups is 1. The molecule has 1 N–H and O–H groups in total. The third kappa shape index (κ3) is 6.41. The van der Waals surface area contributed by atoms with Crippen LogP contribution in [0.25, 0.3) is 0 Å². The molecule has 0 bridgehead atoms. The van der Waals surface area contributed by atoms with Gasteiger partial charge in [0.15, 0.2) is 5.96 Å². The van der Waals surface area contributed by atoms with E-state index in [0.29, 0.717) is 10.7 Å². The maximum Gasteiger partial charge on any atom is 0.193 e. The van der Waals surface area contributed by atoms with Gasteiger partial charge in [-0.05, 0) is 18.8 Å². The van der Waals surface area contributed by atoms with E-state index in [1.165, 1.54) is 44.4 Å². The first-order valence-electron chi connectivity index (χ1n) is 10.1. The first kappa shape index (κ1) is 22.6. The third-order valence-electron chi connectivity index (χ3n) is 5.81. The molecule has 3 aliphatic rings. The number of ether oxygens (including phenoxy) is 1. The molecule has 1 saturated carbocycles. The normalized spacial score (nSPS) is 25.6. The van der Waals surface area contributed by atoms with Gasteiger partial charge < -0.3 is 15.0 Å². The highest BCUT2D eigenvalue weighted by Crippen LogP contribution is 2.42. The van der Waals surface area contributed by atoms with Crippen molar-refractivity contribution in [3.8, 4) is 0 Å². The first-order valence-corrected chi connectivity index (χ1v) is 11.1. The predicted molar refractivity (Wildman–Crippen MR) is 123 cm³/mol. The Kier molecular flexibility index (Phi) is 9.82. The van der Waals surface area contributed by atoms with Crippen molar-refractivity contribution in [1.29, 1.82) is 0 Å². The Hall–Kier alpha value is 0.270. The van der Waals surface area contributed by atoms with E-state index >= 15 is 0 Å². The summed E-state index contributed by atoms with van der Waals surface area (Å²) in [6.07, 6.45) is 7.01. The van der Waals surface area contributed by atoms with Gasteiger partial charge in [0.1, 0.15) is 0 Å². The van der Waals surface area contributed by atoms with E-state index < -0.39 is 0 Å². The SMILES string of the molecule is CN=C(NCC(C)CN1CCOCC1)N1CCSC2(CCCCC2)C1.I. The number of hydrogen-bond acceptors (Lipinski definition) is 4. The number of rotatable bonds is 4. The number of nitrogens with one attached hydrogen (secondary N) is 1. The second kappa shape index (κ2) is 11.3. The standard InChI is InChI=1S/C19H36N4OS.HI/c1-17(15-22-8-11-24-12-9-22)14-21-18(20-2)23-10-13-25-19(16-23)6-4-3-5-7-19;/h17H,3-16H2,1-2H3,(H,20,21);1H. The summed E-state index contributed by atoms with van der Waals surface area (Å²) < 4.78 is 5.94. The Bertz CT molecular complexity index is 434. The van der Waals surface area contributed by atoms with Crippen LogP contribution in [0.15, 0.2) is 4.99 Å². The lowest BCUT2D eigenvalue weighted by Crippen LogP contribution is -2.54. The minimum Gasteiger partial charge on any atom is -0.379 e. The quantitative estimate of drug-likeness (QED) is 0.368.